The summed E-state index contributed by atoms with van der Waals surface area (Å²) < 4.78 is 42.3. The van der Waals surface area contributed by atoms with Gasteiger partial charge in [-0.15, -0.1) is 0 Å². The van der Waals surface area contributed by atoms with Gasteiger partial charge in [-0.1, -0.05) is 46.3 Å². The lowest BCUT2D eigenvalue weighted by Gasteiger charge is -2.71. The summed E-state index contributed by atoms with van der Waals surface area (Å²) in [5.74, 6) is -2.92. The number of carbonyl (C=O) groups excluding carboxylic acids is 1. The third-order valence-corrected chi connectivity index (χ3v) is 19.3. The van der Waals surface area contributed by atoms with E-state index in [1.165, 1.54) is 0 Å². The molecular formula is C51H84O21. The van der Waals surface area contributed by atoms with E-state index in [2.05, 4.69) is 40.7 Å². The van der Waals surface area contributed by atoms with E-state index in [1.54, 1.807) is 0 Å². The highest BCUT2D eigenvalue weighted by Gasteiger charge is 2.72. The Morgan fingerprint density at radius 3 is 1.85 bits per heavy atom. The van der Waals surface area contributed by atoms with Crippen LogP contribution in [0.2, 0.25) is 0 Å². The number of hydrogen-bond donors (Lipinski definition) is 12. The Morgan fingerprint density at radius 1 is 0.667 bits per heavy atom. The van der Waals surface area contributed by atoms with Crippen molar-refractivity contribution < 1.29 is 104 Å². The maximum absolute atomic E-state index is 12.7. The van der Waals surface area contributed by atoms with Gasteiger partial charge in [0.2, 0.25) is 0 Å². The number of rotatable bonds is 16. The fraction of sp³-hybridized carbons (Fsp3) is 0.922. The normalized spacial score (nSPS) is 48.8. The predicted octanol–water partition coefficient (Wildman–Crippen LogP) is -0.00120. The summed E-state index contributed by atoms with van der Waals surface area (Å²) in [6.45, 7) is 15.2. The first-order valence-corrected chi connectivity index (χ1v) is 25.9. The number of hydrogen-bond acceptors (Lipinski definition) is 20. The number of carbonyl (C=O) groups is 2. The summed E-state index contributed by atoms with van der Waals surface area (Å²) in [5.41, 5.74) is -1.36. The standard InChI is InChI=1S/C51H84O21/c1-23(2)10-9-14-51(8,72-45-42(65)38(61)35(58)26(20-52)67-45)24-11-16-50(7)34(24)25(54)18-30-48(5)15-13-31(47(3,4)29(48)12-17-49(30,50)6)70-46-43(40(63)36(59)27(21-53)68-46)71-44-41(64)39(62)37(60)28(69-44)22-66-33(57)19-32(55)56/h10,24-31,34-46,52-54,58-65H,9,11-22H2,1-8H3,(H,55,56)/t24?,25?,26-,27-,28-,29?,30?,31?,34?,35-,36-,37-,38-,39-,40-,41-,42-,43-,44+,45+,46+,48+,49-,50?,51?/m1/s1. The first kappa shape index (κ1) is 57.7. The molecule has 4 saturated carbocycles. The Labute approximate surface area is 421 Å². The number of aliphatic hydroxyl groups excluding tert-OH is 11. The maximum atomic E-state index is 12.7. The Kier molecular flexibility index (Phi) is 17.5. The lowest BCUT2D eigenvalue weighted by atomic mass is 9.35. The van der Waals surface area contributed by atoms with E-state index in [4.69, 9.17) is 38.3 Å². The van der Waals surface area contributed by atoms with Crippen LogP contribution in [0.1, 0.15) is 120 Å². The predicted molar refractivity (Wildman–Crippen MR) is 250 cm³/mol. The van der Waals surface area contributed by atoms with Crippen molar-refractivity contribution in [2.75, 3.05) is 19.8 Å². The van der Waals surface area contributed by atoms with Crippen molar-refractivity contribution in [2.24, 2.45) is 45.3 Å². The molecule has 0 aromatic rings. The van der Waals surface area contributed by atoms with Crippen LogP contribution < -0.4 is 0 Å². The van der Waals surface area contributed by atoms with Gasteiger partial charge < -0.3 is 94.4 Å². The van der Waals surface area contributed by atoms with Crippen molar-refractivity contribution >= 4 is 11.9 Å². The minimum Gasteiger partial charge on any atom is -0.481 e. The molecule has 21 nitrogen and oxygen atoms in total. The third kappa shape index (κ3) is 10.3. The molecule has 0 aromatic heterocycles. The lowest BCUT2D eigenvalue weighted by Crippen LogP contribution is -2.68. The van der Waals surface area contributed by atoms with Crippen molar-refractivity contribution in [2.45, 2.75) is 230 Å². The van der Waals surface area contributed by atoms with Crippen LogP contribution in [0.15, 0.2) is 11.6 Å². The van der Waals surface area contributed by atoms with Gasteiger partial charge in [-0.2, -0.15) is 0 Å². The van der Waals surface area contributed by atoms with E-state index in [9.17, 15) is 65.8 Å². The third-order valence-electron chi connectivity index (χ3n) is 19.3. The molecule has 0 bridgehead atoms. The highest BCUT2D eigenvalue weighted by Crippen LogP contribution is 2.76. The minimum atomic E-state index is -1.93. The summed E-state index contributed by atoms with van der Waals surface area (Å²) in [5, 5.41) is 129. The van der Waals surface area contributed by atoms with Gasteiger partial charge in [-0.3, -0.25) is 9.59 Å². The summed E-state index contributed by atoms with van der Waals surface area (Å²) in [7, 11) is 0. The summed E-state index contributed by atoms with van der Waals surface area (Å²) in [6.07, 6.45) is -18.2. The van der Waals surface area contributed by atoms with Crippen LogP contribution in [0.25, 0.3) is 0 Å². The van der Waals surface area contributed by atoms with Crippen LogP contribution >= 0.6 is 0 Å². The molecule has 3 aliphatic heterocycles. The molecule has 0 spiro atoms. The van der Waals surface area contributed by atoms with E-state index in [0.29, 0.717) is 38.5 Å². The molecule has 414 valence electrons. The average Bonchev–Trinajstić information content (AvgIpc) is 3.70. The summed E-state index contributed by atoms with van der Waals surface area (Å²) in [6, 6.07) is 0. The fourth-order valence-electron chi connectivity index (χ4n) is 15.2. The van der Waals surface area contributed by atoms with Gasteiger partial charge >= 0.3 is 11.9 Å². The van der Waals surface area contributed by atoms with Gasteiger partial charge in [0.1, 0.15) is 86.3 Å². The van der Waals surface area contributed by atoms with Crippen molar-refractivity contribution in [3.63, 3.8) is 0 Å². The van der Waals surface area contributed by atoms with E-state index in [1.807, 2.05) is 20.8 Å². The Balaban J connectivity index is 1.11. The molecule has 72 heavy (non-hydrogen) atoms. The zero-order chi connectivity index (χ0) is 53.2. The van der Waals surface area contributed by atoms with Gasteiger partial charge in [-0.25, -0.2) is 0 Å². The topological polar surface area (TPSA) is 342 Å². The van der Waals surface area contributed by atoms with Crippen molar-refractivity contribution in [3.8, 4) is 0 Å². The van der Waals surface area contributed by atoms with Crippen LogP contribution in [0, 0.1) is 45.3 Å². The second-order valence-electron chi connectivity index (χ2n) is 24.0. The Morgan fingerprint density at radius 2 is 1.24 bits per heavy atom. The molecule has 0 radical (unpaired) electrons. The van der Waals surface area contributed by atoms with Gasteiger partial charge in [-0.05, 0) is 124 Å². The fourth-order valence-corrected chi connectivity index (χ4v) is 15.2. The number of aliphatic carboxylic acids is 1. The molecule has 25 atom stereocenters. The first-order chi connectivity index (χ1) is 33.6. The highest BCUT2D eigenvalue weighted by atomic mass is 16.8. The van der Waals surface area contributed by atoms with E-state index >= 15 is 0 Å². The molecule has 0 aromatic carbocycles. The second kappa shape index (κ2) is 21.8. The van der Waals surface area contributed by atoms with Gasteiger partial charge in [0.25, 0.3) is 0 Å². The minimum absolute atomic E-state index is 0.0343. The van der Waals surface area contributed by atoms with Gasteiger partial charge in [0.05, 0.1) is 31.0 Å². The van der Waals surface area contributed by atoms with Gasteiger partial charge in [0.15, 0.2) is 18.9 Å². The van der Waals surface area contributed by atoms with Crippen LogP contribution in [0.3, 0.4) is 0 Å². The van der Waals surface area contributed by atoms with Crippen LogP contribution in [-0.4, -0.2) is 203 Å². The first-order valence-electron chi connectivity index (χ1n) is 25.9. The van der Waals surface area contributed by atoms with Crippen LogP contribution in [0.5, 0.6) is 0 Å². The largest absolute Gasteiger partial charge is 0.481 e. The number of esters is 1. The van der Waals surface area contributed by atoms with Crippen LogP contribution in [-0.2, 0) is 42.7 Å². The Bertz CT molecular complexity index is 1920. The lowest BCUT2D eigenvalue weighted by molar-refractivity contribution is -0.378. The smallest absolute Gasteiger partial charge is 0.317 e. The van der Waals surface area contributed by atoms with Crippen molar-refractivity contribution in [3.05, 3.63) is 11.6 Å². The molecule has 12 N–H and O–H groups in total. The van der Waals surface area contributed by atoms with E-state index in [-0.39, 0.29) is 39.9 Å². The van der Waals surface area contributed by atoms with Crippen LogP contribution in [0.4, 0.5) is 0 Å². The summed E-state index contributed by atoms with van der Waals surface area (Å²) >= 11 is 0. The molecule has 7 fully saturated rings. The molecular weight excluding hydrogens is 949 g/mol. The maximum Gasteiger partial charge on any atom is 0.317 e. The molecule has 7 rings (SSSR count). The molecule has 7 aliphatic rings. The second-order valence-corrected chi connectivity index (χ2v) is 24.0. The average molecular weight is 1030 g/mol. The molecule has 21 heteroatoms. The van der Waals surface area contributed by atoms with Gasteiger partial charge in [0, 0.05) is 0 Å². The number of carboxylic acid groups (broad SMARTS) is 1. The molecule has 3 heterocycles. The quantitative estimate of drug-likeness (QED) is 0.0419. The SMILES string of the molecule is CC(C)=CCCC(C)(O[C@@H]1O[C@H](CO)[C@@H](O)[C@@H](O)[C@H]1O)C1CCC2(C)C1C(O)CC1[C@@]3(C)CCC(O[C@@H]4O[C@H](CO)[C@@H](O)[C@@H](O)[C@H]4O[C@@H]4O[C@H](COC(=O)CC(=O)O)[C@@H](O)[C@@H](O)[C@H]4O)C(C)(C)C3CC[C@]12C. The van der Waals surface area contributed by atoms with E-state index < -0.39 is 154 Å². The zero-order valence-corrected chi connectivity index (χ0v) is 42.9. The Hall–Kier alpha value is -2.00. The summed E-state index contributed by atoms with van der Waals surface area (Å²) in [4.78, 5) is 23.0. The zero-order valence-electron chi connectivity index (χ0n) is 42.9. The number of allylic oxidation sites excluding steroid dienone is 2. The number of fused-ring (bicyclic) bond motifs is 5. The molecule has 0 amide bonds. The van der Waals surface area contributed by atoms with Crippen molar-refractivity contribution in [1.29, 1.82) is 0 Å². The molecule has 4 aliphatic carbocycles. The monoisotopic (exact) mass is 1030 g/mol. The highest BCUT2D eigenvalue weighted by molar-refractivity contribution is 5.90. The van der Waals surface area contributed by atoms with Crippen molar-refractivity contribution in [1.82, 2.24) is 0 Å². The number of carboxylic acids is 1. The van der Waals surface area contributed by atoms with E-state index in [0.717, 1.165) is 24.8 Å². The number of aliphatic hydroxyl groups is 11. The molecule has 8 unspecified atom stereocenters. The number of ether oxygens (including phenoxy) is 7. The molecule has 3 saturated heterocycles.